The fourth-order valence-corrected chi connectivity index (χ4v) is 6.08. The molecule has 1 saturated heterocycles. The highest BCUT2D eigenvalue weighted by molar-refractivity contribution is 8.00. The molecule has 5 rings (SSSR count). The van der Waals surface area contributed by atoms with Crippen LogP contribution in [-0.2, 0) is 20.7 Å². The molecule has 1 aliphatic rings. The fourth-order valence-electron chi connectivity index (χ4n) is 4.97. The normalized spacial score (nSPS) is 14.1. The molecule has 1 atom stereocenters. The zero-order valence-corrected chi connectivity index (χ0v) is 25.8. The first kappa shape index (κ1) is 31.6. The number of pyridine rings is 1. The summed E-state index contributed by atoms with van der Waals surface area (Å²) >= 11 is 0.938. The summed E-state index contributed by atoms with van der Waals surface area (Å²) in [5.41, 5.74) is 10.1. The number of Topliss-reactive ketones (excluding diaryl/α,β-unsaturated/α-hetero) is 1. The van der Waals surface area contributed by atoms with Gasteiger partial charge in [-0.15, -0.1) is 0 Å². The Bertz CT molecular complexity index is 1940. The van der Waals surface area contributed by atoms with E-state index in [1.54, 1.807) is 36.4 Å². The molecule has 11 heteroatoms. The monoisotopic (exact) mass is 629 g/mol. The number of nitriles is 2. The van der Waals surface area contributed by atoms with Crippen molar-refractivity contribution in [3.05, 3.63) is 106 Å². The van der Waals surface area contributed by atoms with Crippen LogP contribution in [0.15, 0.2) is 77.8 Å². The second kappa shape index (κ2) is 13.5. The molecule has 0 spiro atoms. The number of carbonyl (C=O) groups excluding carboxylic acids is 4. The van der Waals surface area contributed by atoms with Crippen LogP contribution < -0.4 is 10.6 Å². The lowest BCUT2D eigenvalue weighted by Crippen LogP contribution is -2.31. The first-order chi connectivity index (χ1) is 22.1. The van der Waals surface area contributed by atoms with E-state index in [2.05, 4.69) is 11.1 Å². The molecule has 0 bridgehead atoms. The van der Waals surface area contributed by atoms with Gasteiger partial charge in [-0.2, -0.15) is 10.5 Å². The number of nitrogen functional groups attached to an aromatic ring is 1. The zero-order valence-electron chi connectivity index (χ0n) is 24.9. The van der Waals surface area contributed by atoms with Crippen LogP contribution in [0.25, 0.3) is 11.1 Å². The van der Waals surface area contributed by atoms with Crippen LogP contribution >= 0.6 is 11.8 Å². The number of imide groups is 1. The van der Waals surface area contributed by atoms with Crippen molar-refractivity contribution in [2.45, 2.75) is 37.0 Å². The van der Waals surface area contributed by atoms with E-state index in [0.717, 1.165) is 34.2 Å². The van der Waals surface area contributed by atoms with Crippen molar-refractivity contribution in [1.29, 1.82) is 10.5 Å². The molecule has 2 N–H and O–H groups in total. The van der Waals surface area contributed by atoms with E-state index in [0.29, 0.717) is 16.7 Å². The Balaban J connectivity index is 1.32. The summed E-state index contributed by atoms with van der Waals surface area (Å²) in [5.74, 6) is -2.17. The molecule has 0 aliphatic carbocycles. The van der Waals surface area contributed by atoms with E-state index in [9.17, 15) is 29.7 Å². The fraction of sp³-hybridized carbons (Fsp3) is 0.171. The number of esters is 1. The highest BCUT2D eigenvalue weighted by Crippen LogP contribution is 2.40. The van der Waals surface area contributed by atoms with Crippen LogP contribution in [0.1, 0.15) is 56.3 Å². The van der Waals surface area contributed by atoms with Gasteiger partial charge in [-0.1, -0.05) is 72.8 Å². The Hall–Kier alpha value is -5.78. The third-order valence-electron chi connectivity index (χ3n) is 7.49. The number of aromatic nitrogens is 1. The number of nitrogens with two attached hydrogens (primary N) is 1. The zero-order chi connectivity index (χ0) is 33.0. The molecule has 0 saturated carbocycles. The number of hydrogen-bond donors (Lipinski definition) is 1. The minimum Gasteiger partial charge on any atom is -0.454 e. The number of rotatable bonds is 9. The first-order valence-electron chi connectivity index (χ1n) is 14.3. The van der Waals surface area contributed by atoms with Gasteiger partial charge in [0.25, 0.3) is 0 Å². The number of aryl methyl sites for hydroxylation is 2. The summed E-state index contributed by atoms with van der Waals surface area (Å²) in [7, 11) is 0. The molecule has 1 aliphatic heterocycles. The Morgan fingerprint density at radius 2 is 1.59 bits per heavy atom. The van der Waals surface area contributed by atoms with Gasteiger partial charge in [-0.3, -0.25) is 14.4 Å². The SMILES string of the molecule is CCc1ccc(-c2c(C#N)c(N)nc(SC3CC(=O)N(c4ccc(C(=O)OCC(=O)c5ccc(C)cc5)cc4)C3=O)c2C#N)cc1. The van der Waals surface area contributed by atoms with Gasteiger partial charge >= 0.3 is 5.97 Å². The molecule has 10 nitrogen and oxygen atoms in total. The van der Waals surface area contributed by atoms with Crippen molar-refractivity contribution in [3.8, 4) is 23.3 Å². The lowest BCUT2D eigenvalue weighted by molar-refractivity contribution is -0.121. The van der Waals surface area contributed by atoms with E-state index < -0.39 is 29.6 Å². The minimum atomic E-state index is -0.910. The van der Waals surface area contributed by atoms with E-state index >= 15 is 0 Å². The Labute approximate surface area is 269 Å². The average molecular weight is 630 g/mol. The molecular weight excluding hydrogens is 602 g/mol. The van der Waals surface area contributed by atoms with Crippen molar-refractivity contribution < 1.29 is 23.9 Å². The largest absolute Gasteiger partial charge is 0.454 e. The number of hydrogen-bond acceptors (Lipinski definition) is 10. The molecule has 4 aromatic rings. The number of ketones is 1. The molecule has 3 aromatic carbocycles. The topological polar surface area (TPSA) is 167 Å². The molecule has 1 unspecified atom stereocenters. The number of carbonyl (C=O) groups is 4. The predicted molar refractivity (Wildman–Crippen MR) is 172 cm³/mol. The maximum atomic E-state index is 13.5. The third kappa shape index (κ3) is 6.36. The summed E-state index contributed by atoms with van der Waals surface area (Å²) in [6.07, 6.45) is 0.647. The quantitative estimate of drug-likeness (QED) is 0.144. The van der Waals surface area contributed by atoms with Gasteiger partial charge in [0, 0.05) is 17.5 Å². The summed E-state index contributed by atoms with van der Waals surface area (Å²) in [5, 5.41) is 19.2. The molecule has 228 valence electrons. The predicted octanol–water partition coefficient (Wildman–Crippen LogP) is 5.41. The highest BCUT2D eigenvalue weighted by atomic mass is 32.2. The molecule has 46 heavy (non-hydrogen) atoms. The minimum absolute atomic E-state index is 0.0544. The standard InChI is InChI=1S/C35H27N5O5S/c1-3-21-6-10-23(11-7-21)31-26(17-36)32(38)39-33(27(31)18-37)46-29-16-30(42)40(34(29)43)25-14-12-24(13-15-25)35(44)45-19-28(41)22-8-4-20(2)5-9-22/h4-15,29H,3,16,19H2,1-2H3,(H2,38,39). The van der Waals surface area contributed by atoms with Gasteiger partial charge in [0.05, 0.1) is 22.1 Å². The maximum absolute atomic E-state index is 13.5. The van der Waals surface area contributed by atoms with E-state index in [-0.39, 0.29) is 45.4 Å². The molecule has 2 heterocycles. The highest BCUT2D eigenvalue weighted by Gasteiger charge is 2.41. The number of benzene rings is 3. The second-order valence-electron chi connectivity index (χ2n) is 10.5. The van der Waals surface area contributed by atoms with Gasteiger partial charge in [0.1, 0.15) is 28.5 Å². The number of anilines is 2. The lowest BCUT2D eigenvalue weighted by atomic mass is 9.96. The molecule has 2 amide bonds. The van der Waals surface area contributed by atoms with Gasteiger partial charge in [0.15, 0.2) is 12.4 Å². The van der Waals surface area contributed by atoms with Crippen LogP contribution in [0, 0.1) is 29.6 Å². The van der Waals surface area contributed by atoms with Crippen molar-refractivity contribution in [2.75, 3.05) is 17.2 Å². The van der Waals surface area contributed by atoms with Crippen molar-refractivity contribution in [1.82, 2.24) is 4.98 Å². The van der Waals surface area contributed by atoms with E-state index in [1.807, 2.05) is 32.0 Å². The Kier molecular flexibility index (Phi) is 9.26. The van der Waals surface area contributed by atoms with Crippen LogP contribution in [0.5, 0.6) is 0 Å². The molecule has 1 aromatic heterocycles. The first-order valence-corrected chi connectivity index (χ1v) is 15.2. The number of amides is 2. The molecular formula is C35H27N5O5S. The van der Waals surface area contributed by atoms with E-state index in [4.69, 9.17) is 10.5 Å². The number of nitrogens with zero attached hydrogens (tertiary/aromatic N) is 4. The maximum Gasteiger partial charge on any atom is 0.338 e. The van der Waals surface area contributed by atoms with Gasteiger partial charge in [-0.25, -0.2) is 14.7 Å². The summed E-state index contributed by atoms with van der Waals surface area (Å²) in [4.78, 5) is 56.7. The van der Waals surface area contributed by atoms with Crippen LogP contribution in [0.3, 0.4) is 0 Å². The molecule has 1 fully saturated rings. The van der Waals surface area contributed by atoms with Gasteiger partial charge in [0.2, 0.25) is 11.8 Å². The Morgan fingerprint density at radius 1 is 0.957 bits per heavy atom. The van der Waals surface area contributed by atoms with Gasteiger partial charge in [-0.05, 0) is 48.7 Å². The van der Waals surface area contributed by atoms with Crippen molar-refractivity contribution in [3.63, 3.8) is 0 Å². The van der Waals surface area contributed by atoms with Crippen molar-refractivity contribution in [2.24, 2.45) is 0 Å². The van der Waals surface area contributed by atoms with Crippen molar-refractivity contribution >= 4 is 46.8 Å². The van der Waals surface area contributed by atoms with Crippen LogP contribution in [0.2, 0.25) is 0 Å². The lowest BCUT2D eigenvalue weighted by Gasteiger charge is -2.17. The van der Waals surface area contributed by atoms with Crippen LogP contribution in [0.4, 0.5) is 11.5 Å². The number of thioether (sulfide) groups is 1. The smallest absolute Gasteiger partial charge is 0.338 e. The van der Waals surface area contributed by atoms with Gasteiger partial charge < -0.3 is 10.5 Å². The Morgan fingerprint density at radius 3 is 2.20 bits per heavy atom. The summed E-state index contributed by atoms with van der Waals surface area (Å²) in [6, 6.07) is 24.2. The van der Waals surface area contributed by atoms with E-state index in [1.165, 1.54) is 24.3 Å². The third-order valence-corrected chi connectivity index (χ3v) is 8.67. The summed E-state index contributed by atoms with van der Waals surface area (Å²) in [6.45, 7) is 3.48. The second-order valence-corrected chi connectivity index (χ2v) is 11.7. The number of ether oxygens (including phenoxy) is 1. The average Bonchev–Trinajstić information content (AvgIpc) is 3.35. The van der Waals surface area contributed by atoms with Crippen LogP contribution in [-0.4, -0.2) is 40.4 Å². The summed E-state index contributed by atoms with van der Waals surface area (Å²) < 4.78 is 5.16. The molecule has 0 radical (unpaired) electrons.